The molecule has 0 bridgehead atoms. The van der Waals surface area contributed by atoms with E-state index in [0.29, 0.717) is 12.8 Å². The third-order valence-electron chi connectivity index (χ3n) is 8.43. The number of esters is 1. The van der Waals surface area contributed by atoms with Gasteiger partial charge in [-0.1, -0.05) is 92.7 Å². The second-order valence-corrected chi connectivity index (χ2v) is 13.8. The van der Waals surface area contributed by atoms with Crippen LogP contribution in [0.3, 0.4) is 0 Å². The molecule has 1 fully saturated rings. The smallest absolute Gasteiger partial charge is 0.407 e. The Morgan fingerprint density at radius 3 is 1.98 bits per heavy atom. The van der Waals surface area contributed by atoms with Crippen LogP contribution in [-0.2, 0) is 25.5 Å². The summed E-state index contributed by atoms with van der Waals surface area (Å²) in [5.41, 5.74) is 4.53. The van der Waals surface area contributed by atoms with Crippen LogP contribution < -0.4 is 10.6 Å². The summed E-state index contributed by atoms with van der Waals surface area (Å²) < 4.78 is 11.4. The van der Waals surface area contributed by atoms with Crippen molar-refractivity contribution < 1.29 is 28.7 Å². The van der Waals surface area contributed by atoms with E-state index in [2.05, 4.69) is 22.8 Å². The summed E-state index contributed by atoms with van der Waals surface area (Å²) in [5, 5.41) is 8.27. The SMILES string of the molecule is CC(C)C[C@H](NC(=O)N1CCCN1C(=O)[C@H](Cc1ccccc1)NC(=O)OCC1c2ccccc2-c2ccccc21)C(=O)OC(C)(C)C. The third-order valence-corrected chi connectivity index (χ3v) is 8.43. The maximum absolute atomic E-state index is 14.1. The second-order valence-electron chi connectivity index (χ2n) is 13.8. The molecule has 3 aromatic carbocycles. The van der Waals surface area contributed by atoms with E-state index in [1.165, 1.54) is 10.0 Å². The molecule has 0 saturated carbocycles. The summed E-state index contributed by atoms with van der Waals surface area (Å²) in [4.78, 5) is 54.0. The fourth-order valence-corrected chi connectivity index (χ4v) is 6.35. The van der Waals surface area contributed by atoms with Gasteiger partial charge in [-0.3, -0.25) is 4.79 Å². The Hall–Kier alpha value is -4.86. The van der Waals surface area contributed by atoms with Crippen LogP contribution in [0.25, 0.3) is 11.1 Å². The van der Waals surface area contributed by atoms with Gasteiger partial charge in [0.15, 0.2) is 0 Å². The molecule has 0 unspecified atom stereocenters. The first-order valence-corrected chi connectivity index (χ1v) is 16.7. The van der Waals surface area contributed by atoms with Crippen LogP contribution in [0.1, 0.15) is 70.1 Å². The molecule has 2 aliphatic rings. The number of nitrogens with zero attached hydrogens (tertiary/aromatic N) is 2. The zero-order valence-electron chi connectivity index (χ0n) is 28.4. The highest BCUT2D eigenvalue weighted by atomic mass is 16.6. The number of carbonyl (C=O) groups excluding carboxylic acids is 4. The van der Waals surface area contributed by atoms with Crippen molar-refractivity contribution in [3.63, 3.8) is 0 Å². The molecule has 0 spiro atoms. The fourth-order valence-electron chi connectivity index (χ4n) is 6.35. The van der Waals surface area contributed by atoms with Crippen molar-refractivity contribution in [2.45, 2.75) is 77.5 Å². The molecule has 1 heterocycles. The number of ether oxygens (including phenoxy) is 2. The van der Waals surface area contributed by atoms with E-state index >= 15 is 0 Å². The Kier molecular flexibility index (Phi) is 10.7. The lowest BCUT2D eigenvalue weighted by Crippen LogP contribution is -2.58. The number of alkyl carbamates (subject to hydrolysis) is 1. The number of nitrogens with one attached hydrogen (secondary N) is 2. The Morgan fingerprint density at radius 1 is 0.792 bits per heavy atom. The lowest BCUT2D eigenvalue weighted by atomic mass is 9.98. The molecule has 4 amide bonds. The summed E-state index contributed by atoms with van der Waals surface area (Å²) in [6.45, 7) is 9.90. The van der Waals surface area contributed by atoms with Gasteiger partial charge < -0.3 is 20.1 Å². The van der Waals surface area contributed by atoms with Gasteiger partial charge in [-0.05, 0) is 67.3 Å². The van der Waals surface area contributed by atoms with Gasteiger partial charge >= 0.3 is 18.1 Å². The quantitative estimate of drug-likeness (QED) is 0.257. The van der Waals surface area contributed by atoms with E-state index in [9.17, 15) is 19.2 Å². The first-order valence-electron chi connectivity index (χ1n) is 16.7. The number of hydrogen-bond acceptors (Lipinski definition) is 6. The number of fused-ring (bicyclic) bond motifs is 3. The standard InChI is InChI=1S/C38H46N4O6/c1-25(2)22-33(35(44)48-38(3,4)5)39-36(45)42-21-13-20-41(42)34(43)32(23-26-14-7-6-8-15-26)40-37(46)47-24-31-29-18-11-9-16-27(29)28-17-10-12-19-30(28)31/h6-12,14-19,25,31-33H,13,20-24H2,1-5H3,(H,39,45)(H,40,46)/t32-,33-/m0/s1. The summed E-state index contributed by atoms with van der Waals surface area (Å²) in [6, 6.07) is 23.1. The van der Waals surface area contributed by atoms with Crippen molar-refractivity contribution in [2.75, 3.05) is 19.7 Å². The Labute approximate surface area is 282 Å². The van der Waals surface area contributed by atoms with Crippen LogP contribution in [0.2, 0.25) is 0 Å². The van der Waals surface area contributed by atoms with Gasteiger partial charge in [0.05, 0.1) is 0 Å². The predicted molar refractivity (Wildman–Crippen MR) is 183 cm³/mol. The summed E-state index contributed by atoms with van der Waals surface area (Å²) in [6.07, 6.45) is 0.401. The number of rotatable bonds is 10. The molecule has 1 saturated heterocycles. The van der Waals surface area contributed by atoms with Gasteiger partial charge in [0.2, 0.25) is 0 Å². The normalized spacial score (nSPS) is 15.4. The Balaban J connectivity index is 1.29. The lowest BCUT2D eigenvalue weighted by Gasteiger charge is -2.33. The largest absolute Gasteiger partial charge is 0.458 e. The van der Waals surface area contributed by atoms with Gasteiger partial charge in [0.25, 0.3) is 5.91 Å². The maximum Gasteiger partial charge on any atom is 0.407 e. The van der Waals surface area contributed by atoms with Crippen molar-refractivity contribution in [3.8, 4) is 11.1 Å². The molecule has 1 aliphatic carbocycles. The third kappa shape index (κ3) is 8.34. The second kappa shape index (κ2) is 14.9. The van der Waals surface area contributed by atoms with Crippen molar-refractivity contribution in [2.24, 2.45) is 5.92 Å². The van der Waals surface area contributed by atoms with Crippen LogP contribution in [0.5, 0.6) is 0 Å². The molecule has 3 aromatic rings. The molecule has 2 atom stereocenters. The summed E-state index contributed by atoms with van der Waals surface area (Å²) in [7, 11) is 0. The molecular weight excluding hydrogens is 608 g/mol. The molecule has 1 aliphatic heterocycles. The Morgan fingerprint density at radius 2 is 1.38 bits per heavy atom. The highest BCUT2D eigenvalue weighted by molar-refractivity contribution is 5.89. The molecule has 10 nitrogen and oxygen atoms in total. The minimum absolute atomic E-state index is 0.103. The minimum atomic E-state index is -1.01. The van der Waals surface area contributed by atoms with Crippen LogP contribution in [-0.4, -0.2) is 71.4 Å². The molecule has 2 N–H and O–H groups in total. The first kappa shape index (κ1) is 34.5. The van der Waals surface area contributed by atoms with Crippen LogP contribution in [0, 0.1) is 5.92 Å². The van der Waals surface area contributed by atoms with Crippen LogP contribution >= 0.6 is 0 Å². The number of hydrogen-bond donors (Lipinski definition) is 2. The molecule has 0 radical (unpaired) electrons. The van der Waals surface area contributed by atoms with Gasteiger partial charge in [-0.15, -0.1) is 0 Å². The van der Waals surface area contributed by atoms with E-state index in [1.807, 2.05) is 80.6 Å². The van der Waals surface area contributed by atoms with Crippen molar-refractivity contribution in [1.29, 1.82) is 0 Å². The van der Waals surface area contributed by atoms with Crippen molar-refractivity contribution in [3.05, 3.63) is 95.6 Å². The number of hydrazine groups is 1. The van der Waals surface area contributed by atoms with Crippen molar-refractivity contribution in [1.82, 2.24) is 20.7 Å². The number of carbonyl (C=O) groups is 4. The highest BCUT2D eigenvalue weighted by Crippen LogP contribution is 2.44. The fraction of sp³-hybridized carbons (Fsp3) is 0.421. The predicted octanol–water partition coefficient (Wildman–Crippen LogP) is 6.05. The molecule has 10 heteroatoms. The molecule has 48 heavy (non-hydrogen) atoms. The van der Waals surface area contributed by atoms with Crippen LogP contribution in [0.4, 0.5) is 9.59 Å². The molecular formula is C38H46N4O6. The summed E-state index contributed by atoms with van der Waals surface area (Å²) in [5.74, 6) is -0.998. The highest BCUT2D eigenvalue weighted by Gasteiger charge is 2.38. The summed E-state index contributed by atoms with van der Waals surface area (Å²) >= 11 is 0. The first-order chi connectivity index (χ1) is 22.9. The maximum atomic E-state index is 14.1. The van der Waals surface area contributed by atoms with E-state index in [-0.39, 0.29) is 38.0 Å². The van der Waals surface area contributed by atoms with Gasteiger partial charge in [-0.2, -0.15) is 0 Å². The zero-order valence-corrected chi connectivity index (χ0v) is 28.4. The van der Waals surface area contributed by atoms with E-state index < -0.39 is 41.7 Å². The lowest BCUT2D eigenvalue weighted by molar-refractivity contribution is -0.157. The van der Waals surface area contributed by atoms with Gasteiger partial charge in [0.1, 0.15) is 24.3 Å². The molecule has 0 aromatic heterocycles. The average molecular weight is 655 g/mol. The van der Waals surface area contributed by atoms with E-state index in [1.54, 1.807) is 20.8 Å². The molecule has 5 rings (SSSR count). The van der Waals surface area contributed by atoms with Gasteiger partial charge in [0, 0.05) is 25.4 Å². The topological polar surface area (TPSA) is 117 Å². The van der Waals surface area contributed by atoms with Crippen LogP contribution in [0.15, 0.2) is 78.9 Å². The average Bonchev–Trinajstić information content (AvgIpc) is 3.66. The van der Waals surface area contributed by atoms with Gasteiger partial charge in [-0.25, -0.2) is 24.4 Å². The molecule has 254 valence electrons. The number of amides is 4. The number of benzene rings is 3. The minimum Gasteiger partial charge on any atom is -0.458 e. The Bertz CT molecular complexity index is 1570. The number of urea groups is 1. The van der Waals surface area contributed by atoms with Crippen molar-refractivity contribution >= 4 is 24.0 Å². The monoisotopic (exact) mass is 654 g/mol. The van der Waals surface area contributed by atoms with E-state index in [4.69, 9.17) is 9.47 Å². The zero-order chi connectivity index (χ0) is 34.4. The van der Waals surface area contributed by atoms with E-state index in [0.717, 1.165) is 27.8 Å².